The molecular formula is C20H16FN3O6S. The predicted octanol–water partition coefficient (Wildman–Crippen LogP) is 3.48. The van der Waals surface area contributed by atoms with Crippen molar-refractivity contribution in [3.8, 4) is 5.75 Å². The number of sulfonamides is 1. The molecular weight excluding hydrogens is 429 g/mol. The largest absolute Gasteiger partial charge is 0.513 e. The van der Waals surface area contributed by atoms with E-state index in [9.17, 15) is 22.4 Å². The third-order valence-corrected chi connectivity index (χ3v) is 5.84. The van der Waals surface area contributed by atoms with Gasteiger partial charge in [-0.25, -0.2) is 17.6 Å². The van der Waals surface area contributed by atoms with Gasteiger partial charge in [0.15, 0.2) is 5.75 Å². The van der Waals surface area contributed by atoms with Crippen molar-refractivity contribution in [3.05, 3.63) is 64.8 Å². The molecule has 4 rings (SSSR count). The zero-order valence-electron chi connectivity index (χ0n) is 16.1. The molecule has 0 amide bonds. The number of halogens is 1. The minimum Gasteiger partial charge on any atom is -0.434 e. The van der Waals surface area contributed by atoms with Crippen LogP contribution in [0.5, 0.6) is 5.75 Å². The second kappa shape index (κ2) is 7.76. The minimum absolute atomic E-state index is 0.0584. The van der Waals surface area contributed by atoms with Gasteiger partial charge in [-0.05, 0) is 49.4 Å². The second-order valence-corrected chi connectivity index (χ2v) is 8.14. The number of fused-ring (bicyclic) bond motifs is 3. The highest BCUT2D eigenvalue weighted by Gasteiger charge is 2.18. The normalized spacial score (nSPS) is 11.5. The summed E-state index contributed by atoms with van der Waals surface area (Å²) in [7, 11) is -3.99. The van der Waals surface area contributed by atoms with Crippen molar-refractivity contribution in [2.45, 2.75) is 11.8 Å². The standard InChI is InChI=1S/C20H16FN3O6S/c1-2-29-20(26)30-16-10-22-18-17(16)14-9-12(5-8-15(14)23-19(18)25)24-31(27,28)13-6-3-11(21)4-7-13/h3-10,22,24H,2H2,1H3,(H,23,25). The first-order valence-electron chi connectivity index (χ1n) is 9.08. The van der Waals surface area contributed by atoms with E-state index in [4.69, 9.17) is 9.47 Å². The Bertz CT molecular complexity index is 1460. The Morgan fingerprint density at radius 1 is 1.16 bits per heavy atom. The highest BCUT2D eigenvalue weighted by molar-refractivity contribution is 7.92. The molecule has 11 heteroatoms. The average Bonchev–Trinajstić information content (AvgIpc) is 3.13. The molecule has 0 aliphatic carbocycles. The Balaban J connectivity index is 1.80. The third-order valence-electron chi connectivity index (χ3n) is 4.44. The highest BCUT2D eigenvalue weighted by Crippen LogP contribution is 2.32. The van der Waals surface area contributed by atoms with Crippen molar-refractivity contribution in [1.29, 1.82) is 0 Å². The maximum absolute atomic E-state index is 13.1. The summed E-state index contributed by atoms with van der Waals surface area (Å²) in [5, 5.41) is 0.712. The molecule has 0 aliphatic rings. The maximum Gasteiger partial charge on any atom is 0.513 e. The number of H-pyrrole nitrogens is 2. The van der Waals surface area contributed by atoms with Crippen LogP contribution < -0.4 is 15.0 Å². The van der Waals surface area contributed by atoms with Crippen LogP contribution in [0.25, 0.3) is 21.8 Å². The number of hydrogen-bond donors (Lipinski definition) is 3. The van der Waals surface area contributed by atoms with E-state index in [1.165, 1.54) is 24.4 Å². The Labute approximate surface area is 174 Å². The fourth-order valence-corrected chi connectivity index (χ4v) is 4.16. The number of carbonyl (C=O) groups excluding carboxylic acids is 1. The molecule has 31 heavy (non-hydrogen) atoms. The summed E-state index contributed by atoms with van der Waals surface area (Å²) in [6.45, 7) is 1.73. The lowest BCUT2D eigenvalue weighted by Crippen LogP contribution is -2.13. The molecule has 2 heterocycles. The minimum atomic E-state index is -3.99. The van der Waals surface area contributed by atoms with E-state index in [2.05, 4.69) is 14.7 Å². The van der Waals surface area contributed by atoms with Crippen LogP contribution >= 0.6 is 0 Å². The maximum atomic E-state index is 13.1. The summed E-state index contributed by atoms with van der Waals surface area (Å²) < 4.78 is 50.7. The average molecular weight is 445 g/mol. The van der Waals surface area contributed by atoms with Gasteiger partial charge in [-0.3, -0.25) is 9.52 Å². The summed E-state index contributed by atoms with van der Waals surface area (Å²) in [5.41, 5.74) is 0.287. The SMILES string of the molecule is CCOC(=O)Oc1c[nH]c2c(=O)[nH]c3ccc(NS(=O)(=O)c4ccc(F)cc4)cc3c12. The molecule has 0 spiro atoms. The molecule has 3 N–H and O–H groups in total. The summed E-state index contributed by atoms with van der Waals surface area (Å²) in [4.78, 5) is 29.4. The lowest BCUT2D eigenvalue weighted by molar-refractivity contribution is 0.105. The van der Waals surface area contributed by atoms with Gasteiger partial charge in [0.25, 0.3) is 15.6 Å². The summed E-state index contributed by atoms with van der Waals surface area (Å²) in [5.74, 6) is -0.499. The van der Waals surface area contributed by atoms with Gasteiger partial charge in [-0.15, -0.1) is 0 Å². The zero-order chi connectivity index (χ0) is 22.2. The number of rotatable bonds is 5. The van der Waals surface area contributed by atoms with Gasteiger partial charge in [-0.2, -0.15) is 0 Å². The quantitative estimate of drug-likeness (QED) is 0.403. The summed E-state index contributed by atoms with van der Waals surface area (Å²) >= 11 is 0. The first kappa shape index (κ1) is 20.4. The van der Waals surface area contributed by atoms with E-state index in [1.54, 1.807) is 6.92 Å². The van der Waals surface area contributed by atoms with Gasteiger partial charge in [0.2, 0.25) is 0 Å². The molecule has 9 nitrogen and oxygen atoms in total. The van der Waals surface area contributed by atoms with Crippen LogP contribution in [0, 0.1) is 5.82 Å². The molecule has 0 bridgehead atoms. The number of pyridine rings is 1. The molecule has 0 atom stereocenters. The van der Waals surface area contributed by atoms with Gasteiger partial charge in [0.05, 0.1) is 16.9 Å². The number of nitrogens with one attached hydrogen (secondary N) is 3. The molecule has 2 aromatic heterocycles. The van der Waals surface area contributed by atoms with E-state index < -0.39 is 27.6 Å². The van der Waals surface area contributed by atoms with Crippen molar-refractivity contribution in [3.63, 3.8) is 0 Å². The molecule has 0 radical (unpaired) electrons. The summed E-state index contributed by atoms with van der Waals surface area (Å²) in [6, 6.07) is 8.84. The highest BCUT2D eigenvalue weighted by atomic mass is 32.2. The fourth-order valence-electron chi connectivity index (χ4n) is 3.11. The van der Waals surface area contributed by atoms with Crippen molar-refractivity contribution >= 4 is 43.7 Å². The molecule has 0 saturated carbocycles. The van der Waals surface area contributed by atoms with Crippen LogP contribution in [0.2, 0.25) is 0 Å². The second-order valence-electron chi connectivity index (χ2n) is 6.46. The first-order chi connectivity index (χ1) is 14.8. The van der Waals surface area contributed by atoms with Crippen LogP contribution in [0.15, 0.2) is 58.4 Å². The van der Waals surface area contributed by atoms with Gasteiger partial charge in [-0.1, -0.05) is 0 Å². The van der Waals surface area contributed by atoms with Crippen LogP contribution in [0.1, 0.15) is 6.92 Å². The lowest BCUT2D eigenvalue weighted by Gasteiger charge is -2.10. The summed E-state index contributed by atoms with van der Waals surface area (Å²) in [6.07, 6.45) is 0.399. The molecule has 0 unspecified atom stereocenters. The van der Waals surface area contributed by atoms with Crippen molar-refractivity contribution in [2.75, 3.05) is 11.3 Å². The number of hydrogen-bond acceptors (Lipinski definition) is 6. The molecule has 2 aromatic carbocycles. The Morgan fingerprint density at radius 3 is 2.61 bits per heavy atom. The number of carbonyl (C=O) groups is 1. The van der Waals surface area contributed by atoms with Gasteiger partial charge in [0, 0.05) is 22.8 Å². The van der Waals surface area contributed by atoms with Gasteiger partial charge < -0.3 is 19.4 Å². The fraction of sp³-hybridized carbons (Fsp3) is 0.100. The zero-order valence-corrected chi connectivity index (χ0v) is 16.9. The van der Waals surface area contributed by atoms with Crippen molar-refractivity contribution in [1.82, 2.24) is 9.97 Å². The topological polar surface area (TPSA) is 130 Å². The van der Waals surface area contributed by atoms with Gasteiger partial charge >= 0.3 is 6.16 Å². The van der Waals surface area contributed by atoms with E-state index in [0.29, 0.717) is 10.9 Å². The monoisotopic (exact) mass is 445 g/mol. The van der Waals surface area contributed by atoms with Crippen molar-refractivity contribution < 1.29 is 27.1 Å². The van der Waals surface area contributed by atoms with Crippen LogP contribution in [0.4, 0.5) is 14.9 Å². The molecule has 0 fully saturated rings. The van der Waals surface area contributed by atoms with Crippen LogP contribution in [-0.4, -0.2) is 31.1 Å². The molecule has 0 aliphatic heterocycles. The Morgan fingerprint density at radius 2 is 1.90 bits per heavy atom. The Hall–Kier alpha value is -3.86. The van der Waals surface area contributed by atoms with E-state index in [0.717, 1.165) is 24.3 Å². The van der Waals surface area contributed by atoms with E-state index in [1.807, 2.05) is 0 Å². The Kier molecular flexibility index (Phi) is 5.11. The number of benzene rings is 2. The van der Waals surface area contributed by atoms with E-state index >= 15 is 0 Å². The van der Waals surface area contributed by atoms with Crippen LogP contribution in [-0.2, 0) is 14.8 Å². The van der Waals surface area contributed by atoms with Gasteiger partial charge in [0.1, 0.15) is 11.3 Å². The number of aromatic amines is 2. The predicted molar refractivity (Wildman–Crippen MR) is 111 cm³/mol. The molecule has 160 valence electrons. The first-order valence-corrected chi connectivity index (χ1v) is 10.6. The number of aromatic nitrogens is 2. The third kappa shape index (κ3) is 3.94. The van der Waals surface area contributed by atoms with Crippen molar-refractivity contribution in [2.24, 2.45) is 0 Å². The number of ether oxygens (including phenoxy) is 2. The number of anilines is 1. The lowest BCUT2D eigenvalue weighted by atomic mass is 10.1. The van der Waals surface area contributed by atoms with Crippen LogP contribution in [0.3, 0.4) is 0 Å². The molecule has 0 saturated heterocycles. The smallest absolute Gasteiger partial charge is 0.434 e. The van der Waals surface area contributed by atoms with E-state index in [-0.39, 0.29) is 33.8 Å². The molecule has 4 aromatic rings.